The molecule has 0 spiro atoms. The summed E-state index contributed by atoms with van der Waals surface area (Å²) in [6.07, 6.45) is 2.73. The quantitative estimate of drug-likeness (QED) is 0.663. The first-order chi connectivity index (χ1) is 8.60. The highest BCUT2D eigenvalue weighted by Crippen LogP contribution is 2.25. The van der Waals surface area contributed by atoms with Crippen molar-refractivity contribution >= 4 is 11.6 Å². The number of nitrogens with zero attached hydrogens (tertiary/aromatic N) is 1. The topological polar surface area (TPSA) is 50.9 Å². The van der Waals surface area contributed by atoms with Crippen LogP contribution in [-0.4, -0.2) is 4.98 Å². The second-order valence-corrected chi connectivity index (χ2v) is 4.53. The van der Waals surface area contributed by atoms with E-state index >= 15 is 0 Å². The molecule has 94 valence electrons. The van der Waals surface area contributed by atoms with Crippen LogP contribution in [0.3, 0.4) is 0 Å². The van der Waals surface area contributed by atoms with E-state index in [9.17, 15) is 4.39 Å². The van der Waals surface area contributed by atoms with Crippen LogP contribution in [0, 0.1) is 12.7 Å². The number of nitrogens with two attached hydrogens (primary N) is 1. The average Bonchev–Trinajstić information content (AvgIpc) is 2.28. The van der Waals surface area contributed by atoms with Gasteiger partial charge >= 0.3 is 0 Å². The van der Waals surface area contributed by atoms with E-state index in [2.05, 4.69) is 10.4 Å². The Hall–Kier alpha value is -1.49. The third kappa shape index (κ3) is 2.85. The SMILES string of the molecule is Cc1cc(Cl)cc(C(NN)c2cncc(F)c2)c1. The number of benzene rings is 1. The Bertz CT molecular complexity index is 539. The first-order valence-corrected chi connectivity index (χ1v) is 5.81. The molecular formula is C13H13ClFN3. The van der Waals surface area contributed by atoms with Gasteiger partial charge in [-0.1, -0.05) is 17.7 Å². The molecule has 0 amide bonds. The molecule has 1 aromatic carbocycles. The highest BCUT2D eigenvalue weighted by Gasteiger charge is 2.14. The number of rotatable bonds is 3. The fraction of sp³-hybridized carbons (Fsp3) is 0.154. The lowest BCUT2D eigenvalue weighted by Crippen LogP contribution is -2.29. The van der Waals surface area contributed by atoms with Crippen molar-refractivity contribution in [1.29, 1.82) is 0 Å². The Morgan fingerprint density at radius 1 is 1.22 bits per heavy atom. The van der Waals surface area contributed by atoms with Gasteiger partial charge in [-0.25, -0.2) is 9.82 Å². The van der Waals surface area contributed by atoms with Crippen molar-refractivity contribution in [2.75, 3.05) is 0 Å². The molecule has 0 fully saturated rings. The van der Waals surface area contributed by atoms with Gasteiger partial charge in [-0.05, 0) is 41.8 Å². The molecule has 3 N–H and O–H groups in total. The molecule has 0 radical (unpaired) electrons. The molecule has 1 heterocycles. The number of aromatic nitrogens is 1. The Morgan fingerprint density at radius 3 is 2.61 bits per heavy atom. The van der Waals surface area contributed by atoms with Crippen molar-refractivity contribution in [2.45, 2.75) is 13.0 Å². The van der Waals surface area contributed by atoms with Crippen molar-refractivity contribution in [3.8, 4) is 0 Å². The van der Waals surface area contributed by atoms with E-state index in [4.69, 9.17) is 17.4 Å². The Kier molecular flexibility index (Phi) is 3.91. The number of hydrazine groups is 1. The van der Waals surface area contributed by atoms with Gasteiger partial charge in [0.1, 0.15) is 5.82 Å². The molecule has 2 rings (SSSR count). The predicted octanol–water partition coefficient (Wildman–Crippen LogP) is 2.74. The number of aryl methyl sites for hydroxylation is 1. The number of halogens is 2. The van der Waals surface area contributed by atoms with Crippen LogP contribution in [0.4, 0.5) is 4.39 Å². The van der Waals surface area contributed by atoms with Crippen LogP contribution in [0.15, 0.2) is 36.7 Å². The minimum Gasteiger partial charge on any atom is -0.271 e. The molecule has 1 unspecified atom stereocenters. The van der Waals surface area contributed by atoms with Crippen LogP contribution in [0.25, 0.3) is 0 Å². The van der Waals surface area contributed by atoms with Gasteiger partial charge in [0.2, 0.25) is 0 Å². The Labute approximate surface area is 110 Å². The third-order valence-electron chi connectivity index (χ3n) is 2.62. The van der Waals surface area contributed by atoms with E-state index in [0.29, 0.717) is 10.6 Å². The van der Waals surface area contributed by atoms with Gasteiger partial charge in [0.25, 0.3) is 0 Å². The maximum atomic E-state index is 13.2. The molecule has 0 aliphatic heterocycles. The summed E-state index contributed by atoms with van der Waals surface area (Å²) in [5, 5.41) is 0.620. The molecule has 1 atom stereocenters. The average molecular weight is 266 g/mol. The van der Waals surface area contributed by atoms with Crippen molar-refractivity contribution in [2.24, 2.45) is 5.84 Å². The zero-order valence-electron chi connectivity index (χ0n) is 9.82. The summed E-state index contributed by atoms with van der Waals surface area (Å²) in [6, 6.07) is 6.65. The largest absolute Gasteiger partial charge is 0.271 e. The van der Waals surface area contributed by atoms with Crippen LogP contribution >= 0.6 is 11.6 Å². The predicted molar refractivity (Wildman–Crippen MR) is 69.6 cm³/mol. The zero-order valence-corrected chi connectivity index (χ0v) is 10.6. The van der Waals surface area contributed by atoms with Crippen LogP contribution < -0.4 is 11.3 Å². The van der Waals surface area contributed by atoms with Crippen LogP contribution in [0.5, 0.6) is 0 Å². The lowest BCUT2D eigenvalue weighted by atomic mass is 9.99. The Balaban J connectivity index is 2.45. The van der Waals surface area contributed by atoms with E-state index < -0.39 is 5.82 Å². The summed E-state index contributed by atoms with van der Waals surface area (Å²) in [7, 11) is 0. The van der Waals surface area contributed by atoms with E-state index in [1.165, 1.54) is 6.07 Å². The standard InChI is InChI=1S/C13H13ClFN3/c1-8-2-9(4-11(14)3-8)13(18-16)10-5-12(15)7-17-6-10/h2-7,13,18H,16H2,1H3. The summed E-state index contributed by atoms with van der Waals surface area (Å²) in [5.41, 5.74) is 5.19. The second-order valence-electron chi connectivity index (χ2n) is 4.10. The van der Waals surface area contributed by atoms with E-state index in [1.807, 2.05) is 19.1 Å². The number of hydrogen-bond donors (Lipinski definition) is 2. The van der Waals surface area contributed by atoms with Crippen molar-refractivity contribution in [1.82, 2.24) is 10.4 Å². The van der Waals surface area contributed by atoms with E-state index in [1.54, 1.807) is 12.3 Å². The van der Waals surface area contributed by atoms with Crippen LogP contribution in [-0.2, 0) is 0 Å². The van der Waals surface area contributed by atoms with Gasteiger partial charge in [-0.15, -0.1) is 0 Å². The summed E-state index contributed by atoms with van der Waals surface area (Å²) < 4.78 is 13.2. The normalized spacial score (nSPS) is 12.4. The van der Waals surface area contributed by atoms with Gasteiger partial charge in [0.05, 0.1) is 12.2 Å². The number of pyridine rings is 1. The molecule has 3 nitrogen and oxygen atoms in total. The van der Waals surface area contributed by atoms with Crippen LogP contribution in [0.1, 0.15) is 22.7 Å². The molecule has 0 saturated heterocycles. The zero-order chi connectivity index (χ0) is 13.1. The van der Waals surface area contributed by atoms with E-state index in [-0.39, 0.29) is 6.04 Å². The molecule has 1 aromatic heterocycles. The summed E-state index contributed by atoms with van der Waals surface area (Å²) in [5.74, 6) is 5.15. The monoisotopic (exact) mass is 265 g/mol. The highest BCUT2D eigenvalue weighted by molar-refractivity contribution is 6.30. The molecular weight excluding hydrogens is 253 g/mol. The molecule has 18 heavy (non-hydrogen) atoms. The molecule has 5 heteroatoms. The summed E-state index contributed by atoms with van der Waals surface area (Å²) in [4.78, 5) is 3.82. The minimum absolute atomic E-state index is 0.342. The smallest absolute Gasteiger partial charge is 0.141 e. The van der Waals surface area contributed by atoms with Crippen molar-refractivity contribution < 1.29 is 4.39 Å². The molecule has 0 bridgehead atoms. The van der Waals surface area contributed by atoms with Crippen molar-refractivity contribution in [3.63, 3.8) is 0 Å². The van der Waals surface area contributed by atoms with Crippen LogP contribution in [0.2, 0.25) is 5.02 Å². The summed E-state index contributed by atoms with van der Waals surface area (Å²) in [6.45, 7) is 1.94. The molecule has 0 aliphatic carbocycles. The van der Waals surface area contributed by atoms with E-state index in [0.717, 1.165) is 17.3 Å². The first-order valence-electron chi connectivity index (χ1n) is 5.44. The Morgan fingerprint density at radius 2 is 2.00 bits per heavy atom. The van der Waals surface area contributed by atoms with Gasteiger partial charge in [0, 0.05) is 11.2 Å². The fourth-order valence-electron chi connectivity index (χ4n) is 1.90. The highest BCUT2D eigenvalue weighted by atomic mass is 35.5. The summed E-state index contributed by atoms with van der Waals surface area (Å²) >= 11 is 6.01. The maximum absolute atomic E-state index is 13.2. The van der Waals surface area contributed by atoms with Gasteiger partial charge in [0.15, 0.2) is 0 Å². The molecule has 2 aromatic rings. The minimum atomic E-state index is -0.397. The van der Waals surface area contributed by atoms with Gasteiger partial charge < -0.3 is 0 Å². The fourth-order valence-corrected chi connectivity index (χ4v) is 2.20. The third-order valence-corrected chi connectivity index (χ3v) is 2.84. The van der Waals surface area contributed by atoms with Gasteiger partial charge in [-0.2, -0.15) is 0 Å². The molecule has 0 aliphatic rings. The second kappa shape index (κ2) is 5.44. The number of nitrogens with one attached hydrogen (secondary N) is 1. The first kappa shape index (κ1) is 13.0. The lowest BCUT2D eigenvalue weighted by molar-refractivity contribution is 0.597. The number of hydrogen-bond acceptors (Lipinski definition) is 3. The lowest BCUT2D eigenvalue weighted by Gasteiger charge is -2.17. The van der Waals surface area contributed by atoms with Gasteiger partial charge in [-0.3, -0.25) is 10.8 Å². The maximum Gasteiger partial charge on any atom is 0.141 e. The van der Waals surface area contributed by atoms with Crippen molar-refractivity contribution in [3.05, 3.63) is 64.2 Å². The molecule has 0 saturated carbocycles.